The molecule has 0 radical (unpaired) electrons. The first-order valence-electron chi connectivity index (χ1n) is 10.9. The lowest BCUT2D eigenvalue weighted by Gasteiger charge is -2.16. The van der Waals surface area contributed by atoms with E-state index in [2.05, 4.69) is 10.2 Å². The summed E-state index contributed by atoms with van der Waals surface area (Å²) in [4.78, 5) is 26.6. The van der Waals surface area contributed by atoms with E-state index in [4.69, 9.17) is 5.26 Å². The quantitative estimate of drug-likeness (QED) is 0.647. The summed E-state index contributed by atoms with van der Waals surface area (Å²) >= 11 is 0. The highest BCUT2D eigenvalue weighted by atomic mass is 19.1. The number of hydrogen-bond acceptors (Lipinski definition) is 4. The van der Waals surface area contributed by atoms with Crippen molar-refractivity contribution in [1.29, 1.82) is 5.26 Å². The van der Waals surface area contributed by atoms with Crippen molar-refractivity contribution in [3.63, 3.8) is 0 Å². The summed E-state index contributed by atoms with van der Waals surface area (Å²) in [5, 5.41) is 15.5. The molecule has 0 spiro atoms. The molecule has 7 nitrogen and oxygen atoms in total. The summed E-state index contributed by atoms with van der Waals surface area (Å²) in [6.07, 6.45) is 3.14. The zero-order valence-electron chi connectivity index (χ0n) is 17.7. The van der Waals surface area contributed by atoms with E-state index >= 15 is 4.39 Å². The molecule has 3 aromatic rings. The second-order valence-corrected chi connectivity index (χ2v) is 8.64. The number of benzene rings is 2. The molecule has 0 unspecified atom stereocenters. The number of nitrogens with one attached hydrogen (secondary N) is 1. The van der Waals surface area contributed by atoms with Gasteiger partial charge in [0.05, 0.1) is 11.3 Å². The molecular weight excluding hydrogens is 428 g/mol. The minimum atomic E-state index is -0.722. The van der Waals surface area contributed by atoms with Gasteiger partial charge in [0.2, 0.25) is 5.91 Å². The Bertz CT molecular complexity index is 1340. The Kier molecular flexibility index (Phi) is 5.29. The summed E-state index contributed by atoms with van der Waals surface area (Å²) in [6, 6.07) is 10.2. The van der Waals surface area contributed by atoms with Crippen LogP contribution in [0.3, 0.4) is 0 Å². The van der Waals surface area contributed by atoms with E-state index in [-0.39, 0.29) is 40.1 Å². The first-order valence-corrected chi connectivity index (χ1v) is 10.9. The molecule has 2 fully saturated rings. The Balaban J connectivity index is 1.41. The van der Waals surface area contributed by atoms with Crippen LogP contribution >= 0.6 is 0 Å². The number of nitrogens with zero attached hydrogens (tertiary/aromatic N) is 4. The third-order valence-electron chi connectivity index (χ3n) is 6.36. The van der Waals surface area contributed by atoms with Crippen LogP contribution in [0.1, 0.15) is 30.7 Å². The number of rotatable bonds is 5. The Morgan fingerprint density at radius 1 is 1.21 bits per heavy atom. The monoisotopic (exact) mass is 449 g/mol. The van der Waals surface area contributed by atoms with Crippen LogP contribution in [0, 0.1) is 34.8 Å². The minimum absolute atomic E-state index is 0.00764. The molecule has 33 heavy (non-hydrogen) atoms. The normalized spacial score (nSPS) is 17.8. The highest BCUT2D eigenvalue weighted by molar-refractivity contribution is 5.81. The molecule has 9 heteroatoms. The molecule has 1 saturated heterocycles. The van der Waals surface area contributed by atoms with E-state index in [1.165, 1.54) is 34.9 Å². The molecule has 1 aliphatic heterocycles. The van der Waals surface area contributed by atoms with Crippen molar-refractivity contribution in [1.82, 2.24) is 19.7 Å². The van der Waals surface area contributed by atoms with Gasteiger partial charge in [-0.05, 0) is 48.9 Å². The van der Waals surface area contributed by atoms with Gasteiger partial charge in [-0.15, -0.1) is 0 Å². The van der Waals surface area contributed by atoms with E-state index in [9.17, 15) is 14.0 Å². The van der Waals surface area contributed by atoms with Gasteiger partial charge < -0.3 is 4.90 Å². The van der Waals surface area contributed by atoms with Crippen LogP contribution < -0.4 is 5.69 Å². The average Bonchev–Trinajstić information content (AvgIpc) is 3.46. The van der Waals surface area contributed by atoms with Gasteiger partial charge in [-0.2, -0.15) is 10.4 Å². The lowest BCUT2D eigenvalue weighted by atomic mass is 10.0. The average molecular weight is 449 g/mol. The van der Waals surface area contributed by atoms with Crippen LogP contribution in [0.4, 0.5) is 8.78 Å². The predicted octanol–water partition coefficient (Wildman–Crippen LogP) is 3.18. The highest BCUT2D eigenvalue weighted by Crippen LogP contribution is 2.33. The molecule has 1 atom stereocenters. The van der Waals surface area contributed by atoms with Crippen LogP contribution in [0.25, 0.3) is 16.8 Å². The second-order valence-electron chi connectivity index (χ2n) is 8.64. The topological polar surface area (TPSA) is 94.8 Å². The van der Waals surface area contributed by atoms with Crippen LogP contribution in [-0.4, -0.2) is 38.7 Å². The van der Waals surface area contributed by atoms with Gasteiger partial charge in [0.25, 0.3) is 0 Å². The second kappa shape index (κ2) is 8.28. The molecule has 1 N–H and O–H groups in total. The molecule has 2 aliphatic rings. The maximum Gasteiger partial charge on any atom is 0.348 e. The van der Waals surface area contributed by atoms with Crippen molar-refractivity contribution in [2.24, 2.45) is 11.8 Å². The highest BCUT2D eigenvalue weighted by Gasteiger charge is 2.37. The Labute approximate surface area is 188 Å². The molecule has 1 amide bonds. The zero-order valence-corrected chi connectivity index (χ0v) is 17.7. The third-order valence-corrected chi connectivity index (χ3v) is 6.36. The van der Waals surface area contributed by atoms with Crippen molar-refractivity contribution in [2.45, 2.75) is 25.7 Å². The van der Waals surface area contributed by atoms with Crippen LogP contribution in [0.5, 0.6) is 0 Å². The smallest absolute Gasteiger partial charge is 0.342 e. The fourth-order valence-corrected chi connectivity index (χ4v) is 4.46. The Morgan fingerprint density at radius 3 is 2.76 bits per heavy atom. The lowest BCUT2D eigenvalue weighted by Crippen LogP contribution is -2.30. The number of halogens is 2. The van der Waals surface area contributed by atoms with E-state index in [1.54, 1.807) is 6.07 Å². The largest absolute Gasteiger partial charge is 0.348 e. The van der Waals surface area contributed by atoms with Crippen LogP contribution in [0.2, 0.25) is 0 Å². The number of hydrogen-bond donors (Lipinski definition) is 1. The fraction of sp³-hybridized carbons (Fsp3) is 0.333. The van der Waals surface area contributed by atoms with Gasteiger partial charge in [-0.1, -0.05) is 18.2 Å². The summed E-state index contributed by atoms with van der Waals surface area (Å²) in [5.74, 6) is -0.553. The van der Waals surface area contributed by atoms with Crippen molar-refractivity contribution in [2.75, 3.05) is 13.1 Å². The number of aromatic nitrogens is 3. The van der Waals surface area contributed by atoms with Gasteiger partial charge in [-0.3, -0.25) is 4.79 Å². The maximum atomic E-state index is 15.1. The van der Waals surface area contributed by atoms with Crippen molar-refractivity contribution in [3.8, 4) is 22.9 Å². The number of amides is 1. The molecule has 2 aromatic carbocycles. The first-order chi connectivity index (χ1) is 16.0. The van der Waals surface area contributed by atoms with Crippen molar-refractivity contribution < 1.29 is 13.6 Å². The molecule has 0 bridgehead atoms. The molecule has 168 valence electrons. The van der Waals surface area contributed by atoms with E-state index in [0.717, 1.165) is 25.3 Å². The van der Waals surface area contributed by atoms with Crippen LogP contribution in [-0.2, 0) is 11.2 Å². The molecule has 1 aromatic heterocycles. The number of nitriles is 1. The number of H-pyrrole nitrogens is 1. The fourth-order valence-electron chi connectivity index (χ4n) is 4.46. The van der Waals surface area contributed by atoms with E-state index in [0.29, 0.717) is 25.3 Å². The summed E-state index contributed by atoms with van der Waals surface area (Å²) < 4.78 is 30.8. The standard InChI is InChI=1S/C24H21F2N5O2/c25-19-11-16(18-3-1-2-17(12-27)22(18)26)6-7-20(19)31-21(28-29-24(31)33)10-14-8-9-30(13-14)23(32)15-4-5-15/h1-3,6-7,11,14-15H,4-5,8-10,13H2,(H,29,33)/t14-/m0/s1. The Morgan fingerprint density at radius 2 is 2.03 bits per heavy atom. The van der Waals surface area contributed by atoms with Crippen LogP contribution in [0.15, 0.2) is 41.2 Å². The molecule has 5 rings (SSSR count). The van der Waals surface area contributed by atoms with Crippen molar-refractivity contribution >= 4 is 5.91 Å². The lowest BCUT2D eigenvalue weighted by molar-refractivity contribution is -0.131. The Hall–Kier alpha value is -3.80. The summed E-state index contributed by atoms with van der Waals surface area (Å²) in [7, 11) is 0. The maximum absolute atomic E-state index is 15.1. The molecule has 1 saturated carbocycles. The van der Waals surface area contributed by atoms with E-state index < -0.39 is 17.3 Å². The number of aromatic amines is 1. The number of likely N-dealkylation sites (tertiary alicyclic amines) is 1. The molecule has 2 heterocycles. The van der Waals surface area contributed by atoms with Gasteiger partial charge in [0.15, 0.2) is 0 Å². The first kappa shape index (κ1) is 21.1. The summed E-state index contributed by atoms with van der Waals surface area (Å²) in [6.45, 7) is 1.29. The van der Waals surface area contributed by atoms with Crippen molar-refractivity contribution in [3.05, 3.63) is 69.9 Å². The zero-order chi connectivity index (χ0) is 23.1. The van der Waals surface area contributed by atoms with Gasteiger partial charge in [-0.25, -0.2) is 23.2 Å². The van der Waals surface area contributed by atoms with E-state index in [1.807, 2.05) is 4.90 Å². The van der Waals surface area contributed by atoms with Gasteiger partial charge in [0, 0.05) is 31.0 Å². The predicted molar refractivity (Wildman–Crippen MR) is 115 cm³/mol. The van der Waals surface area contributed by atoms with Gasteiger partial charge in [0.1, 0.15) is 23.5 Å². The van der Waals surface area contributed by atoms with Gasteiger partial charge >= 0.3 is 5.69 Å². The minimum Gasteiger partial charge on any atom is -0.342 e. The summed E-state index contributed by atoms with van der Waals surface area (Å²) in [5.41, 5.74) is -0.331. The number of carbonyl (C=O) groups is 1. The SMILES string of the molecule is N#Cc1cccc(-c2ccc(-n3c(C[C@@H]4CCN(C(=O)C5CC5)C4)n[nH]c3=O)c(F)c2)c1F. The number of carbonyl (C=O) groups excluding carboxylic acids is 1. The molecule has 1 aliphatic carbocycles. The third kappa shape index (κ3) is 3.93. The molecular formula is C24H21F2N5O2.